The molecule has 0 aliphatic carbocycles. The second-order valence-electron chi connectivity index (χ2n) is 1.98. The highest BCUT2D eigenvalue weighted by Crippen LogP contribution is 1.93. The van der Waals surface area contributed by atoms with Gasteiger partial charge in [0.2, 0.25) is 0 Å². The summed E-state index contributed by atoms with van der Waals surface area (Å²) < 4.78 is 0. The van der Waals surface area contributed by atoms with Gasteiger partial charge in [-0.3, -0.25) is 4.79 Å². The second-order valence-corrected chi connectivity index (χ2v) is 1.98. The van der Waals surface area contributed by atoms with E-state index in [0.29, 0.717) is 6.32 Å². The van der Waals surface area contributed by atoms with Crippen molar-refractivity contribution in [2.45, 2.75) is 19.7 Å². The van der Waals surface area contributed by atoms with Gasteiger partial charge in [-0.05, 0) is 0 Å². The Bertz CT molecular complexity index is 106. The average Bonchev–Trinajstić information content (AvgIpc) is 1.63. The Morgan fingerprint density at radius 2 is 2.33 bits per heavy atom. The lowest BCUT2D eigenvalue weighted by Crippen LogP contribution is -1.98. The molecule has 0 amide bonds. The van der Waals surface area contributed by atoms with Crippen LogP contribution in [0.25, 0.3) is 0 Å². The summed E-state index contributed by atoms with van der Waals surface area (Å²) in [5.74, 6) is -0.757. The summed E-state index contributed by atoms with van der Waals surface area (Å²) in [7, 11) is 1.81. The van der Waals surface area contributed by atoms with Gasteiger partial charge in [-0.15, -0.1) is 12.1 Å². The van der Waals surface area contributed by atoms with E-state index in [1.54, 1.807) is 0 Å². The maximum Gasteiger partial charge on any atom is 0.302 e. The van der Waals surface area contributed by atoms with Crippen molar-refractivity contribution in [1.82, 2.24) is 0 Å². The number of carbonyl (C=O) groups is 1. The van der Waals surface area contributed by atoms with E-state index in [1.807, 2.05) is 14.2 Å². The van der Waals surface area contributed by atoms with Crippen LogP contribution in [0.1, 0.15) is 13.3 Å². The largest absolute Gasteiger partial charge is 0.481 e. The zero-order chi connectivity index (χ0) is 7.28. The predicted octanol–water partition coefficient (Wildman–Crippen LogP) is 1.12. The standard InChI is InChI=1S/C6H10BO2/c1-5(2)7-4-3-6(8)9/h1,3-4H2,2H3,(H,8,9). The van der Waals surface area contributed by atoms with Gasteiger partial charge in [0.25, 0.3) is 0 Å². The number of carboxylic acid groups (broad SMARTS) is 1. The monoisotopic (exact) mass is 125 g/mol. The van der Waals surface area contributed by atoms with Crippen molar-refractivity contribution in [3.63, 3.8) is 0 Å². The molecule has 0 rings (SSSR count). The predicted molar refractivity (Wildman–Crippen MR) is 37.6 cm³/mol. The van der Waals surface area contributed by atoms with Crippen molar-refractivity contribution in [3.05, 3.63) is 12.1 Å². The molecule has 0 aromatic rings. The molecular weight excluding hydrogens is 115 g/mol. The molecule has 0 saturated carbocycles. The van der Waals surface area contributed by atoms with Crippen LogP contribution in [-0.2, 0) is 4.79 Å². The van der Waals surface area contributed by atoms with Gasteiger partial charge >= 0.3 is 5.97 Å². The molecule has 9 heavy (non-hydrogen) atoms. The maximum atomic E-state index is 9.93. The minimum Gasteiger partial charge on any atom is -0.481 e. The first kappa shape index (κ1) is 8.27. The van der Waals surface area contributed by atoms with Gasteiger partial charge in [-0.1, -0.05) is 13.2 Å². The number of hydrogen-bond donors (Lipinski definition) is 1. The fourth-order valence-corrected chi connectivity index (χ4v) is 0.442. The summed E-state index contributed by atoms with van der Waals surface area (Å²) in [5.41, 5.74) is 0.927. The smallest absolute Gasteiger partial charge is 0.302 e. The molecule has 0 atom stereocenters. The van der Waals surface area contributed by atoms with Gasteiger partial charge in [-0.2, -0.15) is 0 Å². The average molecular weight is 125 g/mol. The molecule has 0 aliphatic heterocycles. The normalized spacial score (nSPS) is 8.56. The fraction of sp³-hybridized carbons (Fsp3) is 0.500. The summed E-state index contributed by atoms with van der Waals surface area (Å²) >= 11 is 0. The third kappa shape index (κ3) is 7.27. The Balaban J connectivity index is 3.10. The lowest BCUT2D eigenvalue weighted by atomic mass is 9.67. The molecule has 0 aliphatic rings. The zero-order valence-electron chi connectivity index (χ0n) is 5.55. The molecule has 49 valence electrons. The van der Waals surface area contributed by atoms with Crippen LogP contribution in [-0.4, -0.2) is 18.4 Å². The molecule has 0 saturated heterocycles. The Morgan fingerprint density at radius 1 is 1.78 bits per heavy atom. The fourth-order valence-electron chi connectivity index (χ4n) is 0.442. The molecule has 0 spiro atoms. The van der Waals surface area contributed by atoms with E-state index in [2.05, 4.69) is 6.58 Å². The summed E-state index contributed by atoms with van der Waals surface area (Å²) in [4.78, 5) is 9.93. The Labute approximate surface area is 55.8 Å². The van der Waals surface area contributed by atoms with Gasteiger partial charge < -0.3 is 5.11 Å². The minimum atomic E-state index is -0.757. The third-order valence-electron chi connectivity index (χ3n) is 0.851. The Morgan fingerprint density at radius 3 is 2.67 bits per heavy atom. The van der Waals surface area contributed by atoms with E-state index in [1.165, 1.54) is 0 Å². The van der Waals surface area contributed by atoms with Crippen LogP contribution in [0, 0.1) is 0 Å². The van der Waals surface area contributed by atoms with Crippen LogP contribution in [0.2, 0.25) is 6.32 Å². The number of aliphatic carboxylic acids is 1. The lowest BCUT2D eigenvalue weighted by molar-refractivity contribution is -0.136. The van der Waals surface area contributed by atoms with Crippen molar-refractivity contribution in [3.8, 4) is 0 Å². The molecule has 0 heterocycles. The summed E-state index contributed by atoms with van der Waals surface area (Å²) in [5, 5.41) is 8.18. The Kier molecular flexibility index (Phi) is 3.85. The molecule has 2 nitrogen and oxygen atoms in total. The van der Waals surface area contributed by atoms with Gasteiger partial charge in [-0.25, -0.2) is 0 Å². The first-order valence-electron chi connectivity index (χ1n) is 2.83. The third-order valence-corrected chi connectivity index (χ3v) is 0.851. The molecule has 0 fully saturated rings. The van der Waals surface area contributed by atoms with E-state index >= 15 is 0 Å². The molecule has 0 aromatic heterocycles. The molecule has 3 heteroatoms. The van der Waals surface area contributed by atoms with E-state index < -0.39 is 5.97 Å². The van der Waals surface area contributed by atoms with Crippen molar-refractivity contribution >= 4 is 13.2 Å². The number of allylic oxidation sites excluding steroid dienone is 1. The summed E-state index contributed by atoms with van der Waals surface area (Å²) in [6.45, 7) is 5.45. The molecule has 1 radical (unpaired) electrons. The quantitative estimate of drug-likeness (QED) is 0.571. The van der Waals surface area contributed by atoms with Gasteiger partial charge in [0.1, 0.15) is 7.28 Å². The van der Waals surface area contributed by atoms with Crippen molar-refractivity contribution in [2.24, 2.45) is 0 Å². The van der Waals surface area contributed by atoms with E-state index in [-0.39, 0.29) is 6.42 Å². The first-order valence-corrected chi connectivity index (χ1v) is 2.83. The topological polar surface area (TPSA) is 37.3 Å². The molecular formula is C6H10BO2. The van der Waals surface area contributed by atoms with E-state index in [0.717, 1.165) is 5.47 Å². The van der Waals surface area contributed by atoms with Crippen molar-refractivity contribution in [2.75, 3.05) is 0 Å². The SMILES string of the molecule is C=C(C)[B]CCC(=O)O. The highest BCUT2D eigenvalue weighted by atomic mass is 16.4. The molecule has 0 aromatic carbocycles. The second kappa shape index (κ2) is 4.18. The summed E-state index contributed by atoms with van der Waals surface area (Å²) in [6.07, 6.45) is 0.789. The number of rotatable bonds is 4. The van der Waals surface area contributed by atoms with Gasteiger partial charge in [0, 0.05) is 6.42 Å². The minimum absolute atomic E-state index is 0.201. The van der Waals surface area contributed by atoms with Crippen LogP contribution in [0.15, 0.2) is 12.1 Å². The highest BCUT2D eigenvalue weighted by molar-refractivity contribution is 6.45. The van der Waals surface area contributed by atoms with Crippen LogP contribution in [0.3, 0.4) is 0 Å². The number of hydrogen-bond acceptors (Lipinski definition) is 1. The highest BCUT2D eigenvalue weighted by Gasteiger charge is 1.96. The maximum absolute atomic E-state index is 9.93. The molecule has 0 unspecified atom stereocenters. The van der Waals surface area contributed by atoms with Crippen LogP contribution in [0.4, 0.5) is 0 Å². The Hall–Kier alpha value is -0.725. The van der Waals surface area contributed by atoms with Crippen LogP contribution < -0.4 is 0 Å². The lowest BCUT2D eigenvalue weighted by Gasteiger charge is -1.91. The van der Waals surface area contributed by atoms with Gasteiger partial charge in [0.15, 0.2) is 0 Å². The molecule has 0 bridgehead atoms. The van der Waals surface area contributed by atoms with E-state index in [9.17, 15) is 4.79 Å². The van der Waals surface area contributed by atoms with Crippen molar-refractivity contribution in [1.29, 1.82) is 0 Å². The zero-order valence-corrected chi connectivity index (χ0v) is 5.55. The number of carboxylic acids is 1. The van der Waals surface area contributed by atoms with Crippen molar-refractivity contribution < 1.29 is 9.90 Å². The molecule has 1 N–H and O–H groups in total. The first-order chi connectivity index (χ1) is 4.13. The van der Waals surface area contributed by atoms with E-state index in [4.69, 9.17) is 5.11 Å². The summed E-state index contributed by atoms with van der Waals surface area (Å²) in [6, 6.07) is 0. The van der Waals surface area contributed by atoms with Crippen LogP contribution >= 0.6 is 0 Å². The van der Waals surface area contributed by atoms with Crippen LogP contribution in [0.5, 0.6) is 0 Å². The van der Waals surface area contributed by atoms with Gasteiger partial charge in [0.05, 0.1) is 0 Å².